The predicted octanol–water partition coefficient (Wildman–Crippen LogP) is 4.09. The van der Waals surface area contributed by atoms with Crippen molar-refractivity contribution in [2.45, 2.75) is 40.2 Å². The van der Waals surface area contributed by atoms with Gasteiger partial charge in [0.2, 0.25) is 5.91 Å². The van der Waals surface area contributed by atoms with Gasteiger partial charge in [0.15, 0.2) is 0 Å². The Labute approximate surface area is 149 Å². The number of anilines is 1. The number of hydrogen-bond donors (Lipinski definition) is 2. The summed E-state index contributed by atoms with van der Waals surface area (Å²) in [5.41, 5.74) is 3.49. The van der Waals surface area contributed by atoms with Gasteiger partial charge in [0.25, 0.3) is 5.91 Å². The molecular formula is C21H26N2O2. The summed E-state index contributed by atoms with van der Waals surface area (Å²) in [4.78, 5) is 25.3. The van der Waals surface area contributed by atoms with E-state index in [-0.39, 0.29) is 17.7 Å². The van der Waals surface area contributed by atoms with Crippen molar-refractivity contribution >= 4 is 17.5 Å². The van der Waals surface area contributed by atoms with Gasteiger partial charge in [0.05, 0.1) is 0 Å². The van der Waals surface area contributed by atoms with Crippen LogP contribution in [0.5, 0.6) is 0 Å². The summed E-state index contributed by atoms with van der Waals surface area (Å²) < 4.78 is 0. The molecule has 0 fully saturated rings. The molecule has 0 radical (unpaired) electrons. The quantitative estimate of drug-likeness (QED) is 0.833. The Morgan fingerprint density at radius 1 is 1.00 bits per heavy atom. The molecule has 4 nitrogen and oxygen atoms in total. The molecule has 4 heteroatoms. The average Bonchev–Trinajstić information content (AvgIpc) is 2.63. The Hall–Kier alpha value is -2.62. The van der Waals surface area contributed by atoms with Crippen molar-refractivity contribution < 1.29 is 9.59 Å². The van der Waals surface area contributed by atoms with E-state index in [4.69, 9.17) is 0 Å². The molecule has 0 saturated heterocycles. The molecule has 0 aliphatic rings. The fourth-order valence-electron chi connectivity index (χ4n) is 2.61. The van der Waals surface area contributed by atoms with Crippen molar-refractivity contribution in [2.24, 2.45) is 5.92 Å². The van der Waals surface area contributed by atoms with Gasteiger partial charge < -0.3 is 10.6 Å². The summed E-state index contributed by atoms with van der Waals surface area (Å²) in [7, 11) is 0. The molecule has 2 atom stereocenters. The Morgan fingerprint density at radius 3 is 2.32 bits per heavy atom. The van der Waals surface area contributed by atoms with Gasteiger partial charge in [0, 0.05) is 11.3 Å². The Bertz CT molecular complexity index is 741. The minimum Gasteiger partial charge on any atom is -0.340 e. The molecule has 0 bridgehead atoms. The molecule has 2 aromatic rings. The van der Waals surface area contributed by atoms with E-state index in [1.165, 1.54) is 0 Å². The number of rotatable bonds is 6. The van der Waals surface area contributed by atoms with Crippen LogP contribution in [0.4, 0.5) is 5.69 Å². The van der Waals surface area contributed by atoms with Crippen molar-refractivity contribution in [1.82, 2.24) is 5.32 Å². The first-order valence-electron chi connectivity index (χ1n) is 8.67. The monoisotopic (exact) mass is 338 g/mol. The summed E-state index contributed by atoms with van der Waals surface area (Å²) in [5, 5.41) is 5.86. The molecule has 0 aromatic heterocycles. The summed E-state index contributed by atoms with van der Waals surface area (Å²) in [5.74, 6) is -0.396. The zero-order chi connectivity index (χ0) is 18.4. The molecule has 2 N–H and O–H groups in total. The number of carbonyl (C=O) groups is 2. The molecule has 2 aromatic carbocycles. The molecule has 0 aliphatic carbocycles. The van der Waals surface area contributed by atoms with Crippen molar-refractivity contribution in [3.05, 3.63) is 65.2 Å². The van der Waals surface area contributed by atoms with Crippen LogP contribution in [0.25, 0.3) is 0 Å². The van der Waals surface area contributed by atoms with E-state index >= 15 is 0 Å². The van der Waals surface area contributed by atoms with Crippen molar-refractivity contribution in [2.75, 3.05) is 5.32 Å². The van der Waals surface area contributed by atoms with Gasteiger partial charge in [-0.2, -0.15) is 0 Å². The van der Waals surface area contributed by atoms with Gasteiger partial charge in [0.1, 0.15) is 6.04 Å². The lowest BCUT2D eigenvalue weighted by Crippen LogP contribution is -2.47. The van der Waals surface area contributed by atoms with Crippen LogP contribution in [0.1, 0.15) is 41.8 Å². The van der Waals surface area contributed by atoms with E-state index in [9.17, 15) is 9.59 Å². The fraction of sp³-hybridized carbons (Fsp3) is 0.333. The third-order valence-electron chi connectivity index (χ3n) is 4.68. The first-order valence-corrected chi connectivity index (χ1v) is 8.67. The van der Waals surface area contributed by atoms with Crippen molar-refractivity contribution in [1.29, 1.82) is 0 Å². The summed E-state index contributed by atoms with van der Waals surface area (Å²) >= 11 is 0. The van der Waals surface area contributed by atoms with Crippen LogP contribution in [0.3, 0.4) is 0 Å². The van der Waals surface area contributed by atoms with Crippen LogP contribution in [0, 0.1) is 19.8 Å². The first-order chi connectivity index (χ1) is 11.9. The van der Waals surface area contributed by atoms with Gasteiger partial charge in [-0.1, -0.05) is 50.6 Å². The Kier molecular flexibility index (Phi) is 6.34. The highest BCUT2D eigenvalue weighted by Crippen LogP contribution is 2.19. The highest BCUT2D eigenvalue weighted by Gasteiger charge is 2.26. The number of carbonyl (C=O) groups excluding carboxylic acids is 2. The zero-order valence-electron chi connectivity index (χ0n) is 15.3. The van der Waals surface area contributed by atoms with Crippen LogP contribution < -0.4 is 10.6 Å². The lowest BCUT2D eigenvalue weighted by Gasteiger charge is -2.24. The van der Waals surface area contributed by atoms with E-state index in [1.807, 2.05) is 64.1 Å². The number of nitrogens with one attached hydrogen (secondary N) is 2. The smallest absolute Gasteiger partial charge is 0.251 e. The highest BCUT2D eigenvalue weighted by atomic mass is 16.2. The zero-order valence-corrected chi connectivity index (χ0v) is 15.3. The van der Waals surface area contributed by atoms with Crippen LogP contribution in [-0.4, -0.2) is 17.9 Å². The number of benzene rings is 2. The van der Waals surface area contributed by atoms with E-state index in [0.29, 0.717) is 5.56 Å². The van der Waals surface area contributed by atoms with Gasteiger partial charge >= 0.3 is 0 Å². The lowest BCUT2D eigenvalue weighted by molar-refractivity contribution is -0.119. The second-order valence-electron chi connectivity index (χ2n) is 6.44. The minimum absolute atomic E-state index is 0.0257. The van der Waals surface area contributed by atoms with Crippen LogP contribution in [0.15, 0.2) is 48.5 Å². The molecule has 2 amide bonds. The van der Waals surface area contributed by atoms with E-state index in [1.54, 1.807) is 12.1 Å². The van der Waals surface area contributed by atoms with Crippen molar-refractivity contribution in [3.8, 4) is 0 Å². The SMILES string of the molecule is CC[C@H](C)[C@H](NC(=O)c1ccccc1)C(=O)Nc1cccc(C)c1C. The molecule has 0 saturated carbocycles. The lowest BCUT2D eigenvalue weighted by atomic mass is 9.97. The number of aryl methyl sites for hydroxylation is 1. The Morgan fingerprint density at radius 2 is 1.68 bits per heavy atom. The van der Waals surface area contributed by atoms with E-state index in [2.05, 4.69) is 10.6 Å². The minimum atomic E-state index is -0.586. The molecule has 132 valence electrons. The molecular weight excluding hydrogens is 312 g/mol. The third-order valence-corrected chi connectivity index (χ3v) is 4.68. The second kappa shape index (κ2) is 8.47. The largest absolute Gasteiger partial charge is 0.340 e. The summed E-state index contributed by atoms with van der Waals surface area (Å²) in [6.45, 7) is 7.97. The fourth-order valence-corrected chi connectivity index (χ4v) is 2.61. The normalized spacial score (nSPS) is 13.0. The molecule has 0 aliphatic heterocycles. The third kappa shape index (κ3) is 4.69. The second-order valence-corrected chi connectivity index (χ2v) is 6.44. The molecule has 0 unspecified atom stereocenters. The molecule has 0 heterocycles. The molecule has 2 rings (SSSR count). The number of amides is 2. The maximum absolute atomic E-state index is 12.8. The van der Waals surface area contributed by atoms with Gasteiger partial charge in [-0.25, -0.2) is 0 Å². The molecule has 0 spiro atoms. The maximum atomic E-state index is 12.8. The average molecular weight is 338 g/mol. The summed E-state index contributed by atoms with van der Waals surface area (Å²) in [6, 6.07) is 14.2. The summed E-state index contributed by atoms with van der Waals surface area (Å²) in [6.07, 6.45) is 0.792. The predicted molar refractivity (Wildman–Crippen MR) is 102 cm³/mol. The highest BCUT2D eigenvalue weighted by molar-refractivity contribution is 6.01. The standard InChI is InChI=1S/C21H26N2O2/c1-5-14(2)19(23-20(24)17-11-7-6-8-12-17)21(25)22-18-13-9-10-15(3)16(18)4/h6-14,19H,5H2,1-4H3,(H,22,25)(H,23,24)/t14-,19-/m0/s1. The van der Waals surface area contributed by atoms with Gasteiger partial charge in [-0.05, 0) is 49.1 Å². The van der Waals surface area contributed by atoms with Crippen molar-refractivity contribution in [3.63, 3.8) is 0 Å². The first kappa shape index (κ1) is 18.7. The van der Waals surface area contributed by atoms with Crippen LogP contribution in [0.2, 0.25) is 0 Å². The van der Waals surface area contributed by atoms with Gasteiger partial charge in [-0.3, -0.25) is 9.59 Å². The Balaban J connectivity index is 2.17. The van der Waals surface area contributed by atoms with Crippen LogP contribution >= 0.6 is 0 Å². The molecule has 25 heavy (non-hydrogen) atoms. The van der Waals surface area contributed by atoms with Gasteiger partial charge in [-0.15, -0.1) is 0 Å². The van der Waals surface area contributed by atoms with E-state index < -0.39 is 6.04 Å². The topological polar surface area (TPSA) is 58.2 Å². The number of hydrogen-bond acceptors (Lipinski definition) is 2. The van der Waals surface area contributed by atoms with E-state index in [0.717, 1.165) is 23.2 Å². The van der Waals surface area contributed by atoms with Crippen LogP contribution in [-0.2, 0) is 4.79 Å². The maximum Gasteiger partial charge on any atom is 0.251 e.